The second-order valence-electron chi connectivity index (χ2n) is 8.17. The van der Waals surface area contributed by atoms with Crippen molar-refractivity contribution in [3.05, 3.63) is 41.5 Å². The van der Waals surface area contributed by atoms with Gasteiger partial charge in [-0.25, -0.2) is 0 Å². The number of carbonyl (C=O) groups excluding carboxylic acids is 1. The Morgan fingerprint density at radius 3 is 2.10 bits per heavy atom. The molecule has 0 radical (unpaired) electrons. The monoisotopic (exact) mass is 412 g/mol. The summed E-state index contributed by atoms with van der Waals surface area (Å²) >= 11 is 0. The highest BCUT2D eigenvalue weighted by Gasteiger charge is 2.17. The lowest BCUT2D eigenvalue weighted by molar-refractivity contribution is 0.101. The smallest absolute Gasteiger partial charge is 0.163 e. The standard InChI is InChI=1S/C20H24O2.C6H14.C2H6/c1-14-13-19(15(2)21)20(18-10-6-5-9-17(14)18)22-12-11-16-7-3-4-8-16;1-3-5-6-4-2;1-2/h5-6,9-10,13,16H,3-4,7-8,11-12H2,1-2H3;3-6H2,1-2H3;1-2H3. The minimum absolute atomic E-state index is 0.0738. The number of ketones is 1. The molecule has 0 spiro atoms. The zero-order valence-corrected chi connectivity index (χ0v) is 20.4. The van der Waals surface area contributed by atoms with Crippen molar-refractivity contribution in [1.82, 2.24) is 0 Å². The van der Waals surface area contributed by atoms with E-state index in [0.717, 1.165) is 29.0 Å². The molecule has 0 saturated heterocycles. The first kappa shape index (κ1) is 26.2. The predicted octanol–water partition coefficient (Wildman–Crippen LogP) is 8.92. The van der Waals surface area contributed by atoms with E-state index in [1.54, 1.807) is 6.92 Å². The molecule has 1 aliphatic rings. The lowest BCUT2D eigenvalue weighted by Gasteiger charge is -2.16. The fourth-order valence-electron chi connectivity index (χ4n) is 4.07. The van der Waals surface area contributed by atoms with Crippen LogP contribution < -0.4 is 4.74 Å². The number of fused-ring (bicyclic) bond motifs is 1. The number of ether oxygens (including phenoxy) is 1. The summed E-state index contributed by atoms with van der Waals surface area (Å²) in [5.74, 6) is 1.65. The third-order valence-corrected chi connectivity index (χ3v) is 5.79. The Kier molecular flexibility index (Phi) is 13.1. The molecule has 3 rings (SSSR count). The summed E-state index contributed by atoms with van der Waals surface area (Å²) in [6.45, 7) is 12.8. The van der Waals surface area contributed by atoms with Gasteiger partial charge in [0, 0.05) is 5.39 Å². The summed E-state index contributed by atoms with van der Waals surface area (Å²) in [4.78, 5) is 12.0. The predicted molar refractivity (Wildman–Crippen MR) is 132 cm³/mol. The third kappa shape index (κ3) is 8.13. The second kappa shape index (κ2) is 15.0. The Balaban J connectivity index is 0.000000487. The highest BCUT2D eigenvalue weighted by atomic mass is 16.5. The minimum atomic E-state index is 0.0738. The summed E-state index contributed by atoms with van der Waals surface area (Å²) in [6.07, 6.45) is 12.0. The van der Waals surface area contributed by atoms with Crippen molar-refractivity contribution < 1.29 is 9.53 Å². The fourth-order valence-corrected chi connectivity index (χ4v) is 4.07. The molecule has 0 unspecified atom stereocenters. The molecule has 2 nitrogen and oxygen atoms in total. The first-order valence-electron chi connectivity index (χ1n) is 12.2. The molecule has 0 bridgehead atoms. The van der Waals surface area contributed by atoms with Crippen molar-refractivity contribution in [3.63, 3.8) is 0 Å². The Labute approximate surface area is 185 Å². The van der Waals surface area contributed by atoms with Crippen LogP contribution in [0.25, 0.3) is 10.8 Å². The van der Waals surface area contributed by atoms with Gasteiger partial charge in [-0.2, -0.15) is 0 Å². The maximum absolute atomic E-state index is 12.0. The molecule has 1 fully saturated rings. The van der Waals surface area contributed by atoms with Gasteiger partial charge in [0.25, 0.3) is 0 Å². The van der Waals surface area contributed by atoms with Crippen LogP contribution in [0.2, 0.25) is 0 Å². The molecule has 30 heavy (non-hydrogen) atoms. The van der Waals surface area contributed by atoms with Crippen LogP contribution in [0.3, 0.4) is 0 Å². The van der Waals surface area contributed by atoms with E-state index >= 15 is 0 Å². The second-order valence-corrected chi connectivity index (χ2v) is 8.17. The summed E-state index contributed by atoms with van der Waals surface area (Å²) in [6, 6.07) is 10.2. The van der Waals surface area contributed by atoms with Crippen LogP contribution in [0.5, 0.6) is 5.75 Å². The Morgan fingerprint density at radius 2 is 1.57 bits per heavy atom. The molecule has 0 N–H and O–H groups in total. The maximum Gasteiger partial charge on any atom is 0.163 e. The van der Waals surface area contributed by atoms with Gasteiger partial charge in [-0.1, -0.05) is 103 Å². The Morgan fingerprint density at radius 1 is 1.00 bits per heavy atom. The van der Waals surface area contributed by atoms with Gasteiger partial charge >= 0.3 is 0 Å². The van der Waals surface area contributed by atoms with Crippen molar-refractivity contribution in [2.24, 2.45) is 5.92 Å². The summed E-state index contributed by atoms with van der Waals surface area (Å²) < 4.78 is 6.11. The van der Waals surface area contributed by atoms with Crippen molar-refractivity contribution in [3.8, 4) is 5.75 Å². The van der Waals surface area contributed by atoms with Gasteiger partial charge in [-0.05, 0) is 43.2 Å². The van der Waals surface area contributed by atoms with E-state index in [4.69, 9.17) is 4.74 Å². The molecule has 1 saturated carbocycles. The molecule has 2 aromatic rings. The molecule has 0 amide bonds. The normalized spacial score (nSPS) is 13.3. The van der Waals surface area contributed by atoms with Crippen molar-refractivity contribution in [2.75, 3.05) is 6.61 Å². The quantitative estimate of drug-likeness (QED) is 0.319. The van der Waals surface area contributed by atoms with E-state index in [9.17, 15) is 4.79 Å². The molecular formula is C28H44O2. The van der Waals surface area contributed by atoms with Crippen LogP contribution in [0.15, 0.2) is 30.3 Å². The number of aryl methyl sites for hydroxylation is 1. The number of rotatable bonds is 8. The van der Waals surface area contributed by atoms with Gasteiger partial charge < -0.3 is 4.74 Å². The number of carbonyl (C=O) groups is 1. The number of hydrogen-bond acceptors (Lipinski definition) is 2. The SMILES string of the molecule is CC.CC(=O)c1cc(C)c2ccccc2c1OCCC1CCCC1.CCCCCC. The summed E-state index contributed by atoms with van der Waals surface area (Å²) in [7, 11) is 0. The van der Waals surface area contributed by atoms with E-state index < -0.39 is 0 Å². The third-order valence-electron chi connectivity index (χ3n) is 5.79. The van der Waals surface area contributed by atoms with Crippen LogP contribution in [-0.4, -0.2) is 12.4 Å². The number of Topliss-reactive ketones (excluding diaryl/α,β-unsaturated/α-hetero) is 1. The van der Waals surface area contributed by atoms with Crippen molar-refractivity contribution in [1.29, 1.82) is 0 Å². The van der Waals surface area contributed by atoms with Gasteiger partial charge in [0.2, 0.25) is 0 Å². The molecule has 1 aliphatic carbocycles. The van der Waals surface area contributed by atoms with E-state index in [0.29, 0.717) is 12.2 Å². The summed E-state index contributed by atoms with van der Waals surface area (Å²) in [5.41, 5.74) is 1.84. The molecule has 0 atom stereocenters. The van der Waals surface area contributed by atoms with Gasteiger partial charge in [-0.15, -0.1) is 0 Å². The number of hydrogen-bond donors (Lipinski definition) is 0. The van der Waals surface area contributed by atoms with Gasteiger partial charge in [0.15, 0.2) is 5.78 Å². The minimum Gasteiger partial charge on any atom is -0.492 e. The molecule has 0 aliphatic heterocycles. The highest BCUT2D eigenvalue weighted by molar-refractivity contribution is 6.04. The first-order chi connectivity index (χ1) is 14.6. The van der Waals surface area contributed by atoms with Crippen LogP contribution >= 0.6 is 0 Å². The fraction of sp³-hybridized carbons (Fsp3) is 0.607. The van der Waals surface area contributed by atoms with Crippen molar-refractivity contribution in [2.45, 2.75) is 99.3 Å². The first-order valence-corrected chi connectivity index (χ1v) is 12.2. The topological polar surface area (TPSA) is 26.3 Å². The van der Waals surface area contributed by atoms with Gasteiger partial charge in [-0.3, -0.25) is 4.79 Å². The Hall–Kier alpha value is -1.83. The lowest BCUT2D eigenvalue weighted by atomic mass is 9.98. The largest absolute Gasteiger partial charge is 0.492 e. The van der Waals surface area contributed by atoms with E-state index in [2.05, 4.69) is 32.9 Å². The zero-order chi connectivity index (χ0) is 22.4. The van der Waals surface area contributed by atoms with E-state index in [1.165, 1.54) is 56.8 Å². The van der Waals surface area contributed by atoms with Crippen LogP contribution in [0.4, 0.5) is 0 Å². The molecular weight excluding hydrogens is 368 g/mol. The molecule has 0 heterocycles. The maximum atomic E-state index is 12.0. The van der Waals surface area contributed by atoms with E-state index in [-0.39, 0.29) is 5.78 Å². The van der Waals surface area contributed by atoms with Crippen LogP contribution in [0, 0.1) is 12.8 Å². The lowest BCUT2D eigenvalue weighted by Crippen LogP contribution is -2.07. The van der Waals surface area contributed by atoms with Gasteiger partial charge in [0.05, 0.1) is 12.2 Å². The van der Waals surface area contributed by atoms with E-state index in [1.807, 2.05) is 32.0 Å². The molecule has 168 valence electrons. The van der Waals surface area contributed by atoms with Crippen LogP contribution in [0.1, 0.15) is 108 Å². The van der Waals surface area contributed by atoms with Crippen LogP contribution in [-0.2, 0) is 0 Å². The average Bonchev–Trinajstić information content (AvgIpc) is 3.29. The molecule has 2 aromatic carbocycles. The molecule has 0 aromatic heterocycles. The van der Waals surface area contributed by atoms with Crippen molar-refractivity contribution >= 4 is 16.6 Å². The molecule has 2 heteroatoms. The average molecular weight is 413 g/mol. The van der Waals surface area contributed by atoms with Gasteiger partial charge in [0.1, 0.15) is 5.75 Å². The zero-order valence-electron chi connectivity index (χ0n) is 20.4. The number of benzene rings is 2. The summed E-state index contributed by atoms with van der Waals surface area (Å²) in [5, 5.41) is 2.22. The highest BCUT2D eigenvalue weighted by Crippen LogP contribution is 2.34. The number of unbranched alkanes of at least 4 members (excludes halogenated alkanes) is 3. The Bertz CT molecular complexity index is 738.